The normalized spacial score (nSPS) is 19.1. The SMILES string of the molecule is Cc1ccc(C)c(OCCOc2ccc(Br)cc2C2NC(C(=O)O)CS2)c1. The zero-order valence-corrected chi connectivity index (χ0v) is 17.6. The summed E-state index contributed by atoms with van der Waals surface area (Å²) in [6.45, 7) is 4.89. The molecule has 27 heavy (non-hydrogen) atoms. The highest BCUT2D eigenvalue weighted by Crippen LogP contribution is 2.39. The topological polar surface area (TPSA) is 67.8 Å². The molecule has 0 amide bonds. The van der Waals surface area contributed by atoms with Gasteiger partial charge in [0.2, 0.25) is 0 Å². The highest BCUT2D eigenvalue weighted by atomic mass is 79.9. The Morgan fingerprint density at radius 2 is 1.93 bits per heavy atom. The molecule has 0 saturated carbocycles. The third-order valence-corrected chi connectivity index (χ3v) is 6.02. The summed E-state index contributed by atoms with van der Waals surface area (Å²) in [5, 5.41) is 12.2. The number of hydrogen-bond donors (Lipinski definition) is 2. The van der Waals surface area contributed by atoms with E-state index in [1.54, 1.807) is 11.8 Å². The number of nitrogens with one attached hydrogen (secondary N) is 1. The molecular weight excluding hydrogens is 430 g/mol. The van der Waals surface area contributed by atoms with E-state index in [1.807, 2.05) is 44.2 Å². The number of benzene rings is 2. The van der Waals surface area contributed by atoms with Crippen LogP contribution in [0, 0.1) is 13.8 Å². The van der Waals surface area contributed by atoms with Crippen molar-refractivity contribution in [3.05, 3.63) is 57.6 Å². The van der Waals surface area contributed by atoms with Crippen molar-refractivity contribution in [2.45, 2.75) is 25.3 Å². The van der Waals surface area contributed by atoms with Crippen molar-refractivity contribution in [1.82, 2.24) is 5.32 Å². The molecule has 0 aliphatic carbocycles. The maximum absolute atomic E-state index is 11.2. The van der Waals surface area contributed by atoms with Crippen LogP contribution in [0.5, 0.6) is 11.5 Å². The van der Waals surface area contributed by atoms with E-state index in [1.165, 1.54) is 0 Å². The molecule has 0 aromatic heterocycles. The zero-order valence-electron chi connectivity index (χ0n) is 15.2. The predicted molar refractivity (Wildman–Crippen MR) is 111 cm³/mol. The average molecular weight is 452 g/mol. The molecule has 144 valence electrons. The van der Waals surface area contributed by atoms with Crippen LogP contribution in [-0.2, 0) is 4.79 Å². The minimum atomic E-state index is -0.829. The van der Waals surface area contributed by atoms with Gasteiger partial charge in [0.15, 0.2) is 0 Å². The largest absolute Gasteiger partial charge is 0.490 e. The lowest BCUT2D eigenvalue weighted by Crippen LogP contribution is -2.33. The highest BCUT2D eigenvalue weighted by molar-refractivity contribution is 9.10. The first-order valence-corrected chi connectivity index (χ1v) is 10.5. The first-order valence-electron chi connectivity index (χ1n) is 8.67. The van der Waals surface area contributed by atoms with Gasteiger partial charge in [-0.05, 0) is 49.2 Å². The van der Waals surface area contributed by atoms with Gasteiger partial charge >= 0.3 is 5.97 Å². The van der Waals surface area contributed by atoms with Crippen LogP contribution in [-0.4, -0.2) is 36.1 Å². The molecule has 2 aromatic carbocycles. The third kappa shape index (κ3) is 5.18. The monoisotopic (exact) mass is 451 g/mol. The molecule has 2 aromatic rings. The zero-order chi connectivity index (χ0) is 19.4. The van der Waals surface area contributed by atoms with Crippen LogP contribution >= 0.6 is 27.7 Å². The number of aryl methyl sites for hydroxylation is 2. The van der Waals surface area contributed by atoms with E-state index in [-0.39, 0.29) is 5.37 Å². The minimum Gasteiger partial charge on any atom is -0.490 e. The number of thioether (sulfide) groups is 1. The van der Waals surface area contributed by atoms with Gasteiger partial charge in [0.1, 0.15) is 30.8 Å². The van der Waals surface area contributed by atoms with Crippen molar-refractivity contribution in [3.8, 4) is 11.5 Å². The van der Waals surface area contributed by atoms with Crippen LogP contribution in [0.4, 0.5) is 0 Å². The Bertz CT molecular complexity index is 830. The summed E-state index contributed by atoms with van der Waals surface area (Å²) in [5.41, 5.74) is 3.19. The lowest BCUT2D eigenvalue weighted by atomic mass is 10.1. The third-order valence-electron chi connectivity index (χ3n) is 4.28. The van der Waals surface area contributed by atoms with E-state index < -0.39 is 12.0 Å². The Labute approximate surface area is 171 Å². The summed E-state index contributed by atoms with van der Waals surface area (Å²) < 4.78 is 12.7. The standard InChI is InChI=1S/C20H22BrNO4S/c1-12-3-4-13(2)18(9-12)26-8-7-25-17-6-5-14(21)10-15(17)19-22-16(11-27-19)20(23)24/h3-6,9-10,16,19,22H,7-8,11H2,1-2H3,(H,23,24). The summed E-state index contributed by atoms with van der Waals surface area (Å²) >= 11 is 5.05. The van der Waals surface area contributed by atoms with Gasteiger partial charge in [-0.2, -0.15) is 0 Å². The van der Waals surface area contributed by atoms with Crippen molar-refractivity contribution in [3.63, 3.8) is 0 Å². The van der Waals surface area contributed by atoms with E-state index in [4.69, 9.17) is 9.47 Å². The fourth-order valence-electron chi connectivity index (χ4n) is 2.82. The predicted octanol–water partition coefficient (Wildman–Crippen LogP) is 4.31. The average Bonchev–Trinajstić information content (AvgIpc) is 3.13. The van der Waals surface area contributed by atoms with Gasteiger partial charge in [-0.15, -0.1) is 11.8 Å². The number of ether oxygens (including phenoxy) is 2. The fourth-order valence-corrected chi connectivity index (χ4v) is 4.44. The van der Waals surface area contributed by atoms with Crippen molar-refractivity contribution in [2.24, 2.45) is 0 Å². The lowest BCUT2D eigenvalue weighted by Gasteiger charge is -2.17. The first-order chi connectivity index (χ1) is 12.9. The van der Waals surface area contributed by atoms with Crippen LogP contribution in [0.3, 0.4) is 0 Å². The molecule has 7 heteroatoms. The van der Waals surface area contributed by atoms with Crippen molar-refractivity contribution in [1.29, 1.82) is 0 Å². The van der Waals surface area contributed by atoms with E-state index >= 15 is 0 Å². The molecule has 1 fully saturated rings. The Kier molecular flexibility index (Phi) is 6.68. The van der Waals surface area contributed by atoms with Crippen LogP contribution in [0.25, 0.3) is 0 Å². The second-order valence-electron chi connectivity index (χ2n) is 6.42. The van der Waals surface area contributed by atoms with Gasteiger partial charge in [-0.1, -0.05) is 28.1 Å². The number of rotatable bonds is 7. The molecule has 5 nitrogen and oxygen atoms in total. The molecule has 3 rings (SSSR count). The Hall–Kier alpha value is -1.70. The molecule has 2 atom stereocenters. The molecular formula is C20H22BrNO4S. The van der Waals surface area contributed by atoms with E-state index in [2.05, 4.69) is 27.3 Å². The molecule has 0 bridgehead atoms. The van der Waals surface area contributed by atoms with Gasteiger partial charge < -0.3 is 14.6 Å². The summed E-state index contributed by atoms with van der Waals surface area (Å²) in [6, 6.07) is 11.4. The van der Waals surface area contributed by atoms with Gasteiger partial charge in [-0.25, -0.2) is 0 Å². The smallest absolute Gasteiger partial charge is 0.321 e. The number of hydrogen-bond acceptors (Lipinski definition) is 5. The van der Waals surface area contributed by atoms with Gasteiger partial charge in [0.05, 0.1) is 5.37 Å². The van der Waals surface area contributed by atoms with Gasteiger partial charge in [0, 0.05) is 15.8 Å². The summed E-state index contributed by atoms with van der Waals surface area (Å²) in [7, 11) is 0. The number of carboxylic acids is 1. The van der Waals surface area contributed by atoms with E-state index in [0.29, 0.717) is 19.0 Å². The second-order valence-corrected chi connectivity index (χ2v) is 8.47. The minimum absolute atomic E-state index is 0.112. The fraction of sp³-hybridized carbons (Fsp3) is 0.350. The lowest BCUT2D eigenvalue weighted by molar-refractivity contribution is -0.138. The quantitative estimate of drug-likeness (QED) is 0.611. The second kappa shape index (κ2) is 8.99. The van der Waals surface area contributed by atoms with Crippen LogP contribution in [0.1, 0.15) is 22.1 Å². The van der Waals surface area contributed by atoms with E-state index in [0.717, 1.165) is 32.7 Å². The molecule has 1 saturated heterocycles. The molecule has 0 radical (unpaired) electrons. The molecule has 1 aliphatic rings. The van der Waals surface area contributed by atoms with Gasteiger partial charge in [0.25, 0.3) is 0 Å². The molecule has 2 N–H and O–H groups in total. The molecule has 2 unspecified atom stereocenters. The molecule has 1 heterocycles. The maximum Gasteiger partial charge on any atom is 0.321 e. The van der Waals surface area contributed by atoms with Crippen LogP contribution < -0.4 is 14.8 Å². The Morgan fingerprint density at radius 1 is 1.19 bits per heavy atom. The van der Waals surface area contributed by atoms with Crippen LogP contribution in [0.2, 0.25) is 0 Å². The van der Waals surface area contributed by atoms with Crippen molar-refractivity contribution >= 4 is 33.7 Å². The van der Waals surface area contributed by atoms with Crippen molar-refractivity contribution in [2.75, 3.05) is 19.0 Å². The Morgan fingerprint density at radius 3 is 2.63 bits per heavy atom. The summed E-state index contributed by atoms with van der Waals surface area (Å²) in [4.78, 5) is 11.2. The summed E-state index contributed by atoms with van der Waals surface area (Å²) in [5.74, 6) is 1.30. The van der Waals surface area contributed by atoms with Gasteiger partial charge in [-0.3, -0.25) is 10.1 Å². The van der Waals surface area contributed by atoms with Crippen LogP contribution in [0.15, 0.2) is 40.9 Å². The number of aliphatic carboxylic acids is 1. The number of halogens is 1. The first kappa shape index (κ1) is 20.0. The highest BCUT2D eigenvalue weighted by Gasteiger charge is 2.32. The van der Waals surface area contributed by atoms with Crippen molar-refractivity contribution < 1.29 is 19.4 Å². The number of carboxylic acid groups (broad SMARTS) is 1. The maximum atomic E-state index is 11.2. The number of carbonyl (C=O) groups is 1. The summed E-state index contributed by atoms with van der Waals surface area (Å²) in [6.07, 6.45) is 0. The Balaban J connectivity index is 1.62. The van der Waals surface area contributed by atoms with E-state index in [9.17, 15) is 9.90 Å². The molecule has 1 aliphatic heterocycles. The molecule has 0 spiro atoms.